The molecule has 20 heavy (non-hydrogen) atoms. The zero-order chi connectivity index (χ0) is 13.8. The number of halogens is 1. The van der Waals surface area contributed by atoms with Gasteiger partial charge in [0.1, 0.15) is 0 Å². The molecule has 0 spiro atoms. The molecule has 0 heterocycles. The molecule has 2 heteroatoms. The van der Waals surface area contributed by atoms with Gasteiger partial charge in [-0.15, -0.1) is 0 Å². The van der Waals surface area contributed by atoms with Gasteiger partial charge in [0.05, 0.1) is 0 Å². The predicted octanol–water partition coefficient (Wildman–Crippen LogP) is 5.15. The minimum absolute atomic E-state index is 0.749. The Labute approximate surface area is 128 Å². The molecule has 0 bridgehead atoms. The lowest BCUT2D eigenvalue weighted by molar-refractivity contribution is 0.270. The van der Waals surface area contributed by atoms with Crippen LogP contribution in [0.15, 0.2) is 24.3 Å². The van der Waals surface area contributed by atoms with E-state index in [0.29, 0.717) is 0 Å². The molecule has 1 N–H and O–H groups in total. The van der Waals surface area contributed by atoms with Gasteiger partial charge in [0, 0.05) is 11.1 Å². The van der Waals surface area contributed by atoms with Crippen molar-refractivity contribution in [3.63, 3.8) is 0 Å². The lowest BCUT2D eigenvalue weighted by Gasteiger charge is -2.37. The molecule has 0 unspecified atom stereocenters. The van der Waals surface area contributed by atoms with E-state index in [4.69, 9.17) is 11.6 Å². The van der Waals surface area contributed by atoms with Crippen LogP contribution in [-0.2, 0) is 0 Å². The van der Waals surface area contributed by atoms with Crippen LogP contribution < -0.4 is 5.32 Å². The van der Waals surface area contributed by atoms with Crippen molar-refractivity contribution in [1.82, 2.24) is 5.32 Å². The van der Waals surface area contributed by atoms with Crippen LogP contribution in [0.25, 0.3) is 0 Å². The third kappa shape index (κ3) is 3.77. The summed E-state index contributed by atoms with van der Waals surface area (Å²) in [6, 6.07) is 9.15. The maximum Gasteiger partial charge on any atom is 0.0406 e. The molecule has 2 aliphatic rings. The molecule has 0 atom stereocenters. The van der Waals surface area contributed by atoms with E-state index in [0.717, 1.165) is 22.9 Å². The highest BCUT2D eigenvalue weighted by molar-refractivity contribution is 6.30. The normalized spacial score (nSPS) is 27.2. The molecule has 0 radical (unpaired) electrons. The van der Waals surface area contributed by atoms with Crippen molar-refractivity contribution in [1.29, 1.82) is 0 Å². The lowest BCUT2D eigenvalue weighted by atomic mass is 9.76. The van der Waals surface area contributed by atoms with E-state index in [-0.39, 0.29) is 0 Å². The summed E-state index contributed by atoms with van der Waals surface area (Å²) in [7, 11) is 0. The van der Waals surface area contributed by atoms with Crippen molar-refractivity contribution in [3.05, 3.63) is 34.9 Å². The first-order valence-corrected chi connectivity index (χ1v) is 8.68. The van der Waals surface area contributed by atoms with Crippen LogP contribution in [0.1, 0.15) is 62.8 Å². The van der Waals surface area contributed by atoms with Crippen molar-refractivity contribution in [2.75, 3.05) is 6.54 Å². The first-order chi connectivity index (χ1) is 9.81. The standard InChI is InChI=1S/C18H26ClN/c19-17-8-6-15(7-9-17)16-12-18(13-16)20-11-10-14-4-2-1-3-5-14/h6-9,14,16,18,20H,1-5,10-13H2. The van der Waals surface area contributed by atoms with E-state index in [1.807, 2.05) is 12.1 Å². The Morgan fingerprint density at radius 3 is 2.40 bits per heavy atom. The first kappa shape index (κ1) is 14.4. The van der Waals surface area contributed by atoms with Crippen molar-refractivity contribution in [2.45, 2.75) is 63.3 Å². The third-order valence-electron chi connectivity index (χ3n) is 5.19. The topological polar surface area (TPSA) is 12.0 Å². The fourth-order valence-corrected chi connectivity index (χ4v) is 3.89. The molecule has 0 amide bonds. The zero-order valence-electron chi connectivity index (χ0n) is 12.3. The molecule has 0 aliphatic heterocycles. The van der Waals surface area contributed by atoms with E-state index in [9.17, 15) is 0 Å². The summed E-state index contributed by atoms with van der Waals surface area (Å²) in [6.07, 6.45) is 11.3. The van der Waals surface area contributed by atoms with E-state index >= 15 is 0 Å². The predicted molar refractivity (Wildman–Crippen MR) is 86.4 cm³/mol. The number of hydrogen-bond acceptors (Lipinski definition) is 1. The van der Waals surface area contributed by atoms with Crippen LogP contribution in [-0.4, -0.2) is 12.6 Å². The first-order valence-electron chi connectivity index (χ1n) is 8.30. The van der Waals surface area contributed by atoms with Gasteiger partial charge in [-0.2, -0.15) is 0 Å². The fourth-order valence-electron chi connectivity index (χ4n) is 3.76. The van der Waals surface area contributed by atoms with Gasteiger partial charge in [0.25, 0.3) is 0 Å². The molecule has 110 valence electrons. The summed E-state index contributed by atoms with van der Waals surface area (Å²) >= 11 is 5.94. The Hall–Kier alpha value is -0.530. The van der Waals surface area contributed by atoms with Crippen molar-refractivity contribution < 1.29 is 0 Å². The second-order valence-electron chi connectivity index (χ2n) is 6.66. The van der Waals surface area contributed by atoms with E-state index in [1.54, 1.807) is 0 Å². The molecule has 2 saturated carbocycles. The lowest BCUT2D eigenvalue weighted by Crippen LogP contribution is -2.40. The van der Waals surface area contributed by atoms with Gasteiger partial charge in [-0.3, -0.25) is 0 Å². The van der Waals surface area contributed by atoms with E-state index in [2.05, 4.69) is 17.4 Å². The van der Waals surface area contributed by atoms with Crippen LogP contribution in [0.4, 0.5) is 0 Å². The van der Waals surface area contributed by atoms with E-state index in [1.165, 1.54) is 63.5 Å². The van der Waals surface area contributed by atoms with Crippen molar-refractivity contribution >= 4 is 11.6 Å². The quantitative estimate of drug-likeness (QED) is 0.791. The maximum absolute atomic E-state index is 5.94. The summed E-state index contributed by atoms with van der Waals surface area (Å²) in [5, 5.41) is 4.59. The van der Waals surface area contributed by atoms with Gasteiger partial charge in [0.2, 0.25) is 0 Å². The molecule has 1 nitrogen and oxygen atoms in total. The molecule has 0 saturated heterocycles. The maximum atomic E-state index is 5.94. The Balaban J connectivity index is 1.33. The summed E-state index contributed by atoms with van der Waals surface area (Å²) in [5.74, 6) is 1.75. The smallest absolute Gasteiger partial charge is 0.0406 e. The Morgan fingerprint density at radius 1 is 1.00 bits per heavy atom. The van der Waals surface area contributed by atoms with Crippen LogP contribution in [0, 0.1) is 5.92 Å². The molecule has 2 fully saturated rings. The van der Waals surface area contributed by atoms with Crippen LogP contribution in [0.2, 0.25) is 5.02 Å². The Morgan fingerprint density at radius 2 is 1.70 bits per heavy atom. The van der Waals surface area contributed by atoms with Gasteiger partial charge in [-0.1, -0.05) is 55.8 Å². The van der Waals surface area contributed by atoms with Gasteiger partial charge >= 0.3 is 0 Å². The molecule has 1 aromatic rings. The van der Waals surface area contributed by atoms with Crippen LogP contribution >= 0.6 is 11.6 Å². The highest BCUT2D eigenvalue weighted by atomic mass is 35.5. The van der Waals surface area contributed by atoms with Gasteiger partial charge in [0.15, 0.2) is 0 Å². The highest BCUT2D eigenvalue weighted by Crippen LogP contribution is 2.37. The molecular weight excluding hydrogens is 266 g/mol. The SMILES string of the molecule is Clc1ccc(C2CC(NCCC3CCCCC3)C2)cc1. The summed E-state index contributed by atoms with van der Waals surface area (Å²) in [4.78, 5) is 0. The molecule has 3 rings (SSSR count). The molecular formula is C18H26ClN. The number of nitrogens with one attached hydrogen (secondary N) is 1. The molecule has 2 aliphatic carbocycles. The van der Waals surface area contributed by atoms with Gasteiger partial charge in [-0.25, -0.2) is 0 Å². The van der Waals surface area contributed by atoms with Gasteiger partial charge < -0.3 is 5.32 Å². The second kappa shape index (κ2) is 6.95. The van der Waals surface area contributed by atoms with Crippen LogP contribution in [0.3, 0.4) is 0 Å². The zero-order valence-corrected chi connectivity index (χ0v) is 13.0. The Bertz CT molecular complexity index is 402. The Kier molecular flexibility index (Phi) is 5.01. The largest absolute Gasteiger partial charge is 0.314 e. The van der Waals surface area contributed by atoms with E-state index < -0.39 is 0 Å². The van der Waals surface area contributed by atoms with Crippen LogP contribution in [0.5, 0.6) is 0 Å². The average molecular weight is 292 g/mol. The highest BCUT2D eigenvalue weighted by Gasteiger charge is 2.29. The van der Waals surface area contributed by atoms with Gasteiger partial charge in [-0.05, 0) is 55.3 Å². The van der Waals surface area contributed by atoms with Crippen molar-refractivity contribution in [2.24, 2.45) is 5.92 Å². The number of benzene rings is 1. The minimum atomic E-state index is 0.749. The number of hydrogen-bond donors (Lipinski definition) is 1. The van der Waals surface area contributed by atoms with Crippen molar-refractivity contribution in [3.8, 4) is 0 Å². The summed E-state index contributed by atoms with van der Waals surface area (Å²) in [5.41, 5.74) is 1.46. The molecule has 1 aromatic carbocycles. The monoisotopic (exact) mass is 291 g/mol. The number of rotatable bonds is 5. The average Bonchev–Trinajstić information content (AvgIpc) is 2.44. The summed E-state index contributed by atoms with van der Waals surface area (Å²) in [6.45, 7) is 1.22. The third-order valence-corrected chi connectivity index (χ3v) is 5.44. The fraction of sp³-hybridized carbons (Fsp3) is 0.667. The minimum Gasteiger partial charge on any atom is -0.314 e. The summed E-state index contributed by atoms with van der Waals surface area (Å²) < 4.78 is 0. The second-order valence-corrected chi connectivity index (χ2v) is 7.10. The molecule has 0 aromatic heterocycles.